The third-order valence-corrected chi connectivity index (χ3v) is 3.46. The van der Waals surface area contributed by atoms with Gasteiger partial charge in [-0.1, -0.05) is 36.4 Å². The molecule has 1 aliphatic rings. The molecular weight excluding hydrogens is 282 g/mol. The van der Waals surface area contributed by atoms with E-state index in [0.29, 0.717) is 17.4 Å². The van der Waals surface area contributed by atoms with Crippen molar-refractivity contribution in [2.45, 2.75) is 6.54 Å². The first-order valence-electron chi connectivity index (χ1n) is 6.52. The molecule has 1 aliphatic heterocycles. The number of thiocarbonyl (C=S) groups is 1. The number of hydrogen-bond donors (Lipinski definition) is 1. The number of pyridine rings is 1. The molecule has 104 valence electrons. The monoisotopic (exact) mass is 295 g/mol. The normalized spacial score (nSPS) is 16.4. The number of aromatic nitrogens is 1. The van der Waals surface area contributed by atoms with Crippen LogP contribution < -0.4 is 5.32 Å². The molecule has 1 fully saturated rings. The zero-order valence-corrected chi connectivity index (χ0v) is 12.0. The van der Waals surface area contributed by atoms with Crippen molar-refractivity contribution in [1.29, 1.82) is 0 Å². The Balaban J connectivity index is 1.81. The van der Waals surface area contributed by atoms with Crippen LogP contribution in [0.5, 0.6) is 0 Å². The number of carbonyl (C=O) groups excluding carboxylic acids is 1. The molecule has 1 saturated heterocycles. The molecule has 0 saturated carbocycles. The molecule has 1 N–H and O–H groups in total. The van der Waals surface area contributed by atoms with Gasteiger partial charge in [-0.05, 0) is 35.5 Å². The standard InChI is InChI=1S/C16H13N3OS/c20-15-14(9-13-7-4-8-17-10-13)18-16(21)19(15)11-12-5-2-1-3-6-12/h1-10H,11H2,(H,18,21)/b14-9-. The van der Waals surface area contributed by atoms with E-state index in [1.165, 1.54) is 0 Å². The maximum atomic E-state index is 12.4. The number of carbonyl (C=O) groups is 1. The lowest BCUT2D eigenvalue weighted by Crippen LogP contribution is -2.29. The Labute approximate surface area is 128 Å². The van der Waals surface area contributed by atoms with Crippen molar-refractivity contribution >= 4 is 29.3 Å². The highest BCUT2D eigenvalue weighted by Gasteiger charge is 2.30. The van der Waals surface area contributed by atoms with E-state index >= 15 is 0 Å². The summed E-state index contributed by atoms with van der Waals surface area (Å²) in [5, 5.41) is 3.39. The number of nitrogens with zero attached hydrogens (tertiary/aromatic N) is 2. The molecule has 1 amide bonds. The molecule has 0 bridgehead atoms. The van der Waals surface area contributed by atoms with Gasteiger partial charge in [0.05, 0.1) is 6.54 Å². The lowest BCUT2D eigenvalue weighted by Gasteiger charge is -2.13. The summed E-state index contributed by atoms with van der Waals surface area (Å²) in [7, 11) is 0. The van der Waals surface area contributed by atoms with Crippen molar-refractivity contribution in [2.75, 3.05) is 0 Å². The van der Waals surface area contributed by atoms with Gasteiger partial charge < -0.3 is 5.32 Å². The fourth-order valence-electron chi connectivity index (χ4n) is 2.11. The Morgan fingerprint density at radius 1 is 1.19 bits per heavy atom. The van der Waals surface area contributed by atoms with Crippen LogP contribution in [0.2, 0.25) is 0 Å². The number of nitrogens with one attached hydrogen (secondary N) is 1. The predicted octanol–water partition coefficient (Wildman–Crippen LogP) is 2.34. The zero-order chi connectivity index (χ0) is 14.7. The molecular formula is C16H13N3OS. The number of amides is 1. The van der Waals surface area contributed by atoms with Gasteiger partial charge in [-0.2, -0.15) is 0 Å². The molecule has 0 atom stereocenters. The minimum atomic E-state index is -0.118. The topological polar surface area (TPSA) is 45.2 Å². The molecule has 0 spiro atoms. The van der Waals surface area contributed by atoms with Crippen LogP contribution in [0.1, 0.15) is 11.1 Å². The van der Waals surface area contributed by atoms with Crippen LogP contribution in [-0.4, -0.2) is 20.9 Å². The van der Waals surface area contributed by atoms with Crippen LogP contribution in [0.3, 0.4) is 0 Å². The molecule has 0 aliphatic carbocycles. The molecule has 3 rings (SSSR count). The fraction of sp³-hybridized carbons (Fsp3) is 0.0625. The average molecular weight is 295 g/mol. The summed E-state index contributed by atoms with van der Waals surface area (Å²) >= 11 is 5.25. The molecule has 2 aromatic rings. The highest BCUT2D eigenvalue weighted by atomic mass is 32.1. The van der Waals surface area contributed by atoms with Crippen molar-refractivity contribution < 1.29 is 4.79 Å². The van der Waals surface area contributed by atoms with Gasteiger partial charge >= 0.3 is 0 Å². The molecule has 2 heterocycles. The lowest BCUT2D eigenvalue weighted by molar-refractivity contribution is -0.122. The minimum absolute atomic E-state index is 0.118. The van der Waals surface area contributed by atoms with Gasteiger partial charge in [0.2, 0.25) is 0 Å². The summed E-state index contributed by atoms with van der Waals surface area (Å²) < 4.78 is 0. The van der Waals surface area contributed by atoms with E-state index in [1.807, 2.05) is 42.5 Å². The predicted molar refractivity (Wildman–Crippen MR) is 84.9 cm³/mol. The molecule has 4 nitrogen and oxygen atoms in total. The maximum absolute atomic E-state index is 12.4. The van der Waals surface area contributed by atoms with Crippen LogP contribution in [0.15, 0.2) is 60.6 Å². The largest absolute Gasteiger partial charge is 0.328 e. The van der Waals surface area contributed by atoms with Crippen LogP contribution >= 0.6 is 12.2 Å². The van der Waals surface area contributed by atoms with Gasteiger partial charge in [0.1, 0.15) is 5.70 Å². The smallest absolute Gasteiger partial charge is 0.276 e. The Bertz CT molecular complexity index is 698. The zero-order valence-electron chi connectivity index (χ0n) is 11.2. The van der Waals surface area contributed by atoms with Crippen LogP contribution in [0.4, 0.5) is 0 Å². The van der Waals surface area contributed by atoms with Crippen LogP contribution in [-0.2, 0) is 11.3 Å². The number of hydrogen-bond acceptors (Lipinski definition) is 3. The van der Waals surface area contributed by atoms with Gasteiger partial charge in [0.25, 0.3) is 5.91 Å². The fourth-order valence-corrected chi connectivity index (χ4v) is 2.37. The second-order valence-corrected chi connectivity index (χ2v) is 5.04. The van der Waals surface area contributed by atoms with E-state index in [2.05, 4.69) is 10.3 Å². The molecule has 21 heavy (non-hydrogen) atoms. The Hall–Kier alpha value is -2.53. The Kier molecular flexibility index (Phi) is 3.75. The molecule has 5 heteroatoms. The van der Waals surface area contributed by atoms with Crippen molar-refractivity contribution in [3.63, 3.8) is 0 Å². The Morgan fingerprint density at radius 3 is 2.71 bits per heavy atom. The maximum Gasteiger partial charge on any atom is 0.276 e. The molecule has 1 aromatic carbocycles. The summed E-state index contributed by atoms with van der Waals surface area (Å²) in [4.78, 5) is 18.0. The van der Waals surface area contributed by atoms with Crippen molar-refractivity contribution in [3.05, 3.63) is 71.7 Å². The van der Waals surface area contributed by atoms with Crippen molar-refractivity contribution in [2.24, 2.45) is 0 Å². The molecule has 0 unspecified atom stereocenters. The van der Waals surface area contributed by atoms with Gasteiger partial charge in [-0.15, -0.1) is 0 Å². The van der Waals surface area contributed by atoms with E-state index in [0.717, 1.165) is 11.1 Å². The SMILES string of the molecule is O=C1/C(=C/c2cccnc2)NC(=S)N1Cc1ccccc1. The third kappa shape index (κ3) is 2.98. The van der Waals surface area contributed by atoms with Gasteiger partial charge in [0.15, 0.2) is 5.11 Å². The van der Waals surface area contributed by atoms with E-state index in [-0.39, 0.29) is 5.91 Å². The Morgan fingerprint density at radius 2 is 2.00 bits per heavy atom. The van der Waals surface area contributed by atoms with Gasteiger partial charge in [-0.3, -0.25) is 14.7 Å². The van der Waals surface area contributed by atoms with Crippen LogP contribution in [0, 0.1) is 0 Å². The summed E-state index contributed by atoms with van der Waals surface area (Å²) in [5.74, 6) is -0.118. The quantitative estimate of drug-likeness (QED) is 0.697. The first kappa shape index (κ1) is 13.5. The van der Waals surface area contributed by atoms with Crippen molar-refractivity contribution in [1.82, 2.24) is 15.2 Å². The van der Waals surface area contributed by atoms with Crippen molar-refractivity contribution in [3.8, 4) is 0 Å². The highest BCUT2D eigenvalue weighted by molar-refractivity contribution is 7.80. The van der Waals surface area contributed by atoms with Gasteiger partial charge in [0, 0.05) is 12.4 Å². The summed E-state index contributed by atoms with van der Waals surface area (Å²) in [6, 6.07) is 13.5. The number of benzene rings is 1. The second kappa shape index (κ2) is 5.85. The molecule has 0 radical (unpaired) electrons. The first-order chi connectivity index (χ1) is 10.2. The first-order valence-corrected chi connectivity index (χ1v) is 6.93. The minimum Gasteiger partial charge on any atom is -0.328 e. The summed E-state index contributed by atoms with van der Waals surface area (Å²) in [5.41, 5.74) is 2.37. The summed E-state index contributed by atoms with van der Waals surface area (Å²) in [6.45, 7) is 0.468. The lowest BCUT2D eigenvalue weighted by atomic mass is 10.2. The second-order valence-electron chi connectivity index (χ2n) is 4.65. The number of rotatable bonds is 3. The van der Waals surface area contributed by atoms with E-state index in [1.54, 1.807) is 23.4 Å². The van der Waals surface area contributed by atoms with E-state index in [4.69, 9.17) is 12.2 Å². The van der Waals surface area contributed by atoms with E-state index in [9.17, 15) is 4.79 Å². The van der Waals surface area contributed by atoms with E-state index < -0.39 is 0 Å². The third-order valence-electron chi connectivity index (χ3n) is 3.14. The summed E-state index contributed by atoms with van der Waals surface area (Å²) in [6.07, 6.45) is 5.15. The molecule has 1 aromatic heterocycles. The average Bonchev–Trinajstić information content (AvgIpc) is 2.77. The van der Waals surface area contributed by atoms with Crippen LogP contribution in [0.25, 0.3) is 6.08 Å². The highest BCUT2D eigenvalue weighted by Crippen LogP contribution is 2.16. The van der Waals surface area contributed by atoms with Gasteiger partial charge in [-0.25, -0.2) is 0 Å².